The fraction of sp³-hybridized carbons (Fsp3) is 0.0769. The van der Waals surface area contributed by atoms with Crippen LogP contribution in [0.5, 0.6) is 0 Å². The van der Waals surface area contributed by atoms with Gasteiger partial charge in [-0.3, -0.25) is 13.9 Å². The number of sulfonamides is 1. The molecule has 0 radical (unpaired) electrons. The van der Waals surface area contributed by atoms with Gasteiger partial charge in [-0.05, 0) is 54.6 Å². The zero-order chi connectivity index (χ0) is 26.4. The van der Waals surface area contributed by atoms with Crippen molar-refractivity contribution >= 4 is 56.4 Å². The normalized spacial score (nSPS) is 11.1. The zero-order valence-electron chi connectivity index (χ0n) is 19.2. The van der Waals surface area contributed by atoms with Crippen molar-refractivity contribution in [3.8, 4) is 0 Å². The van der Waals surface area contributed by atoms with E-state index in [-0.39, 0.29) is 38.4 Å². The summed E-state index contributed by atoms with van der Waals surface area (Å²) in [4.78, 5) is 25.9. The minimum atomic E-state index is -4.20. The topological polar surface area (TPSA) is 109 Å². The monoisotopic (exact) mass is 557 g/mol. The van der Waals surface area contributed by atoms with Gasteiger partial charge in [0.2, 0.25) is 5.91 Å². The number of anilines is 2. The minimum absolute atomic E-state index is 0.0310. The van der Waals surface area contributed by atoms with Crippen molar-refractivity contribution < 1.29 is 22.4 Å². The van der Waals surface area contributed by atoms with Gasteiger partial charge in [-0.1, -0.05) is 53.5 Å². The molecule has 0 fully saturated rings. The van der Waals surface area contributed by atoms with E-state index in [2.05, 4.69) is 10.6 Å². The summed E-state index contributed by atoms with van der Waals surface area (Å²) in [6.45, 7) is -0.468. The maximum atomic E-state index is 13.5. The molecule has 2 amide bonds. The fourth-order valence-electron chi connectivity index (χ4n) is 3.48. The van der Waals surface area contributed by atoms with Gasteiger partial charge in [0.25, 0.3) is 15.9 Å². The Morgan fingerprint density at radius 2 is 1.62 bits per heavy atom. The Morgan fingerprint density at radius 3 is 2.35 bits per heavy atom. The molecule has 190 valence electrons. The van der Waals surface area contributed by atoms with Gasteiger partial charge >= 0.3 is 0 Å². The molecule has 0 aliphatic rings. The predicted molar refractivity (Wildman–Crippen MR) is 142 cm³/mol. The van der Waals surface area contributed by atoms with E-state index in [0.717, 1.165) is 4.31 Å². The number of carbonyl (C=O) groups is 2. The maximum Gasteiger partial charge on any atom is 0.264 e. The predicted octanol–water partition coefficient (Wildman–Crippen LogP) is 5.35. The summed E-state index contributed by atoms with van der Waals surface area (Å²) in [5, 5.41) is 5.69. The molecule has 0 atom stereocenters. The summed E-state index contributed by atoms with van der Waals surface area (Å²) >= 11 is 12.4. The Bertz CT molecular complexity index is 1510. The lowest BCUT2D eigenvalue weighted by Crippen LogP contribution is -2.38. The maximum absolute atomic E-state index is 13.5. The van der Waals surface area contributed by atoms with Gasteiger partial charge in [0, 0.05) is 5.02 Å². The van der Waals surface area contributed by atoms with E-state index in [0.29, 0.717) is 5.76 Å². The molecule has 2 N–H and O–H groups in total. The first-order valence-corrected chi connectivity index (χ1v) is 13.2. The van der Waals surface area contributed by atoms with Crippen LogP contribution in [-0.4, -0.2) is 26.8 Å². The lowest BCUT2D eigenvalue weighted by atomic mass is 10.1. The molecule has 0 saturated carbocycles. The van der Waals surface area contributed by atoms with Gasteiger partial charge in [-0.15, -0.1) is 0 Å². The number of carbonyl (C=O) groups excluding carboxylic acids is 2. The van der Waals surface area contributed by atoms with Crippen LogP contribution in [0.15, 0.2) is 101 Å². The molecule has 0 bridgehead atoms. The molecule has 0 unspecified atom stereocenters. The standard InChI is InChI=1S/C26H21Cl2N3O5S/c27-18-12-13-22(28)24(15-18)31(37(34,35)20-8-2-1-3-9-20)17-25(32)30-23-11-5-4-10-21(23)26(33)29-16-19-7-6-14-36-19/h1-15H,16-17H2,(H,29,33)(H,30,32). The van der Waals surface area contributed by atoms with Crippen LogP contribution >= 0.6 is 23.2 Å². The highest BCUT2D eigenvalue weighted by atomic mass is 35.5. The largest absolute Gasteiger partial charge is 0.467 e. The minimum Gasteiger partial charge on any atom is -0.467 e. The van der Waals surface area contributed by atoms with E-state index in [1.54, 1.807) is 54.6 Å². The van der Waals surface area contributed by atoms with Crippen molar-refractivity contribution in [1.82, 2.24) is 5.32 Å². The third-order valence-corrected chi connectivity index (χ3v) is 7.57. The van der Waals surface area contributed by atoms with Gasteiger partial charge in [0.1, 0.15) is 12.3 Å². The lowest BCUT2D eigenvalue weighted by Gasteiger charge is -2.25. The van der Waals surface area contributed by atoms with Crippen LogP contribution in [0.25, 0.3) is 0 Å². The highest BCUT2D eigenvalue weighted by Gasteiger charge is 2.29. The summed E-state index contributed by atoms with van der Waals surface area (Å²) in [5.74, 6) is -0.573. The van der Waals surface area contributed by atoms with Crippen LogP contribution in [0.3, 0.4) is 0 Å². The molecule has 4 rings (SSSR count). The molecule has 0 aliphatic heterocycles. The Labute approximate surface area is 223 Å². The van der Waals surface area contributed by atoms with Gasteiger partial charge in [0.15, 0.2) is 0 Å². The number of amides is 2. The van der Waals surface area contributed by atoms with Crippen LogP contribution in [0.2, 0.25) is 10.0 Å². The molecule has 1 aromatic heterocycles. The number of benzene rings is 3. The average molecular weight is 558 g/mol. The molecule has 4 aromatic rings. The zero-order valence-corrected chi connectivity index (χ0v) is 21.6. The number of hydrogen-bond acceptors (Lipinski definition) is 5. The van der Waals surface area contributed by atoms with Crippen molar-refractivity contribution in [3.63, 3.8) is 0 Å². The van der Waals surface area contributed by atoms with Crippen molar-refractivity contribution in [1.29, 1.82) is 0 Å². The van der Waals surface area contributed by atoms with Gasteiger partial charge in [-0.2, -0.15) is 0 Å². The Kier molecular flexibility index (Phi) is 8.17. The van der Waals surface area contributed by atoms with E-state index < -0.39 is 28.4 Å². The number of hydrogen-bond donors (Lipinski definition) is 2. The first-order valence-electron chi connectivity index (χ1n) is 11.0. The van der Waals surface area contributed by atoms with Crippen LogP contribution in [0.4, 0.5) is 11.4 Å². The number of nitrogens with one attached hydrogen (secondary N) is 2. The molecular weight excluding hydrogens is 537 g/mol. The Hall–Kier alpha value is -3.79. The summed E-state index contributed by atoms with van der Waals surface area (Å²) in [6, 6.07) is 21.8. The smallest absolute Gasteiger partial charge is 0.264 e. The van der Waals surface area contributed by atoms with Crippen molar-refractivity contribution in [2.45, 2.75) is 11.4 Å². The molecule has 0 spiro atoms. The van der Waals surface area contributed by atoms with Gasteiger partial charge in [-0.25, -0.2) is 8.42 Å². The fourth-order valence-corrected chi connectivity index (χ4v) is 5.37. The highest BCUT2D eigenvalue weighted by molar-refractivity contribution is 7.92. The van der Waals surface area contributed by atoms with Crippen LogP contribution in [0, 0.1) is 0 Å². The van der Waals surface area contributed by atoms with Crippen LogP contribution in [-0.2, 0) is 21.4 Å². The molecule has 8 nitrogen and oxygen atoms in total. The number of nitrogens with zero attached hydrogens (tertiary/aromatic N) is 1. The highest BCUT2D eigenvalue weighted by Crippen LogP contribution is 2.33. The van der Waals surface area contributed by atoms with Gasteiger partial charge < -0.3 is 15.1 Å². The third-order valence-electron chi connectivity index (χ3n) is 5.24. The molecule has 0 saturated heterocycles. The van der Waals surface area contributed by atoms with E-state index in [1.807, 2.05) is 0 Å². The Morgan fingerprint density at radius 1 is 0.892 bits per heavy atom. The Balaban J connectivity index is 1.60. The lowest BCUT2D eigenvalue weighted by molar-refractivity contribution is -0.114. The second-order valence-electron chi connectivity index (χ2n) is 7.78. The second-order valence-corrected chi connectivity index (χ2v) is 10.5. The van der Waals surface area contributed by atoms with E-state index in [4.69, 9.17) is 27.6 Å². The van der Waals surface area contributed by atoms with Crippen molar-refractivity contribution in [2.75, 3.05) is 16.2 Å². The average Bonchev–Trinajstić information content (AvgIpc) is 3.42. The van der Waals surface area contributed by atoms with Crippen LogP contribution in [0.1, 0.15) is 16.1 Å². The van der Waals surface area contributed by atoms with Crippen LogP contribution < -0.4 is 14.9 Å². The first kappa shape index (κ1) is 26.3. The number of rotatable bonds is 9. The third kappa shape index (κ3) is 6.32. The number of furan rings is 1. The molecular formula is C26H21Cl2N3O5S. The molecule has 0 aliphatic carbocycles. The second kappa shape index (κ2) is 11.5. The summed E-state index contributed by atoms with van der Waals surface area (Å²) in [6.07, 6.45) is 1.50. The molecule has 1 heterocycles. The van der Waals surface area contributed by atoms with E-state index in [1.165, 1.54) is 36.6 Å². The molecule has 37 heavy (non-hydrogen) atoms. The van der Waals surface area contributed by atoms with Crippen molar-refractivity contribution in [3.05, 3.63) is 113 Å². The van der Waals surface area contributed by atoms with E-state index >= 15 is 0 Å². The molecule has 11 heteroatoms. The summed E-state index contributed by atoms with van der Waals surface area (Å²) in [7, 11) is -4.20. The van der Waals surface area contributed by atoms with Crippen molar-refractivity contribution in [2.24, 2.45) is 0 Å². The number of halogens is 2. The molecule has 3 aromatic carbocycles. The summed E-state index contributed by atoms with van der Waals surface area (Å²) < 4.78 is 33.2. The van der Waals surface area contributed by atoms with E-state index in [9.17, 15) is 18.0 Å². The quantitative estimate of drug-likeness (QED) is 0.288. The number of para-hydroxylation sites is 1. The summed E-state index contributed by atoms with van der Waals surface area (Å²) in [5.41, 5.74) is 0.442. The SMILES string of the molecule is O=C(CN(c1cc(Cl)ccc1Cl)S(=O)(=O)c1ccccc1)Nc1ccccc1C(=O)NCc1ccco1. The van der Waals surface area contributed by atoms with Gasteiger partial charge in [0.05, 0.1) is 39.7 Å². The first-order chi connectivity index (χ1) is 17.8.